The molecule has 0 spiro atoms. The van der Waals surface area contributed by atoms with Crippen molar-refractivity contribution in [1.82, 2.24) is 25.0 Å². The highest BCUT2D eigenvalue weighted by atomic mass is 35.5. The summed E-state index contributed by atoms with van der Waals surface area (Å²) in [5.74, 6) is -0.354. The van der Waals surface area contributed by atoms with Crippen LogP contribution in [0.15, 0.2) is 60.9 Å². The summed E-state index contributed by atoms with van der Waals surface area (Å²) < 4.78 is 41.0. The Morgan fingerprint density at radius 3 is 2.47 bits per heavy atom. The predicted molar refractivity (Wildman–Crippen MR) is 103 cm³/mol. The Bertz CT molecular complexity index is 1190. The molecule has 2 aromatic heterocycles. The summed E-state index contributed by atoms with van der Waals surface area (Å²) in [7, 11) is 0. The molecule has 0 aliphatic heterocycles. The van der Waals surface area contributed by atoms with Gasteiger partial charge in [0.2, 0.25) is 5.95 Å². The van der Waals surface area contributed by atoms with Crippen LogP contribution in [0, 0.1) is 0 Å². The van der Waals surface area contributed by atoms with Crippen LogP contribution >= 0.6 is 11.6 Å². The summed E-state index contributed by atoms with van der Waals surface area (Å²) >= 11 is 6.17. The highest BCUT2D eigenvalue weighted by Gasteiger charge is 2.35. The summed E-state index contributed by atoms with van der Waals surface area (Å²) in [6, 6.07) is 13.4. The number of carbonyl (C=O) groups is 1. The van der Waals surface area contributed by atoms with Gasteiger partial charge in [0.15, 0.2) is 5.69 Å². The molecule has 0 aliphatic rings. The van der Waals surface area contributed by atoms with Crippen LogP contribution in [0.5, 0.6) is 0 Å². The molecule has 0 saturated carbocycles. The number of hydrogen-bond donors (Lipinski definition) is 2. The number of nitrogens with zero attached hydrogens (tertiary/aromatic N) is 4. The number of para-hydroxylation sites is 1. The van der Waals surface area contributed by atoms with Crippen molar-refractivity contribution < 1.29 is 18.0 Å². The Balaban J connectivity index is 1.72. The van der Waals surface area contributed by atoms with Crippen molar-refractivity contribution in [3.8, 4) is 16.9 Å². The van der Waals surface area contributed by atoms with E-state index in [0.29, 0.717) is 11.3 Å². The predicted octanol–water partition coefficient (Wildman–Crippen LogP) is 4.58. The molecule has 4 rings (SSSR count). The lowest BCUT2D eigenvalue weighted by Crippen LogP contribution is -2.12. The van der Waals surface area contributed by atoms with Crippen LogP contribution in [0.2, 0.25) is 5.02 Å². The number of H-pyrrole nitrogens is 1. The van der Waals surface area contributed by atoms with E-state index in [1.807, 2.05) is 0 Å². The SMILES string of the molecule is O=C(Nc1nc[nH]n1)c1ccc(-c2cc(C(F)(F)F)nn2-c2ccccc2Cl)cc1. The lowest BCUT2D eigenvalue weighted by atomic mass is 10.1. The van der Waals surface area contributed by atoms with Crippen molar-refractivity contribution in [2.45, 2.75) is 6.18 Å². The molecule has 2 N–H and O–H groups in total. The number of anilines is 1. The van der Waals surface area contributed by atoms with Gasteiger partial charge in [-0.2, -0.15) is 18.3 Å². The zero-order valence-corrected chi connectivity index (χ0v) is 15.7. The molecule has 4 aromatic rings. The van der Waals surface area contributed by atoms with E-state index in [1.54, 1.807) is 24.3 Å². The van der Waals surface area contributed by atoms with E-state index in [2.05, 4.69) is 25.6 Å². The lowest BCUT2D eigenvalue weighted by molar-refractivity contribution is -0.141. The zero-order valence-electron chi connectivity index (χ0n) is 15.0. The minimum atomic E-state index is -4.63. The summed E-state index contributed by atoms with van der Waals surface area (Å²) in [6.07, 6.45) is -3.32. The molecule has 0 radical (unpaired) electrons. The number of aromatic amines is 1. The van der Waals surface area contributed by atoms with Gasteiger partial charge in [-0.05, 0) is 30.3 Å². The molecule has 0 bridgehead atoms. The zero-order chi connectivity index (χ0) is 21.3. The van der Waals surface area contributed by atoms with Crippen molar-refractivity contribution >= 4 is 23.5 Å². The van der Waals surface area contributed by atoms with Crippen LogP contribution in [0.1, 0.15) is 16.1 Å². The normalized spacial score (nSPS) is 11.5. The van der Waals surface area contributed by atoms with Gasteiger partial charge in [-0.1, -0.05) is 35.9 Å². The fourth-order valence-electron chi connectivity index (χ4n) is 2.77. The maximum absolute atomic E-state index is 13.3. The van der Waals surface area contributed by atoms with Gasteiger partial charge in [0, 0.05) is 11.1 Å². The number of rotatable bonds is 4. The topological polar surface area (TPSA) is 88.5 Å². The highest BCUT2D eigenvalue weighted by molar-refractivity contribution is 6.32. The first kappa shape index (κ1) is 19.6. The van der Waals surface area contributed by atoms with E-state index in [1.165, 1.54) is 30.6 Å². The van der Waals surface area contributed by atoms with Crippen LogP contribution in [-0.4, -0.2) is 30.9 Å². The second-order valence-corrected chi connectivity index (χ2v) is 6.54. The molecule has 1 amide bonds. The second kappa shape index (κ2) is 7.64. The number of alkyl halides is 3. The molecule has 152 valence electrons. The molecular weight excluding hydrogens is 421 g/mol. The summed E-state index contributed by atoms with van der Waals surface area (Å²) in [5.41, 5.74) is 0.132. The van der Waals surface area contributed by atoms with E-state index in [-0.39, 0.29) is 22.2 Å². The maximum Gasteiger partial charge on any atom is 0.435 e. The van der Waals surface area contributed by atoms with E-state index in [4.69, 9.17) is 11.6 Å². The molecule has 0 fully saturated rings. The van der Waals surface area contributed by atoms with Crippen LogP contribution < -0.4 is 5.32 Å². The highest BCUT2D eigenvalue weighted by Crippen LogP contribution is 2.34. The standard InChI is InChI=1S/C19H12ClF3N6O/c20-13-3-1-2-4-14(13)29-15(9-16(28-29)19(21,22)23)11-5-7-12(8-6-11)17(30)26-18-24-10-25-27-18/h1-10H,(H2,24,25,26,27,30). The number of carbonyl (C=O) groups excluding carboxylic acids is 1. The first-order valence-corrected chi connectivity index (χ1v) is 8.90. The van der Waals surface area contributed by atoms with E-state index < -0.39 is 17.8 Å². The van der Waals surface area contributed by atoms with Gasteiger partial charge in [-0.3, -0.25) is 15.2 Å². The minimum Gasteiger partial charge on any atom is -0.289 e. The third-order valence-electron chi connectivity index (χ3n) is 4.16. The molecular formula is C19H12ClF3N6O. The van der Waals surface area contributed by atoms with E-state index in [0.717, 1.165) is 10.7 Å². The van der Waals surface area contributed by atoms with Gasteiger partial charge in [-0.15, -0.1) is 5.10 Å². The van der Waals surface area contributed by atoms with Crippen molar-refractivity contribution in [2.75, 3.05) is 5.32 Å². The molecule has 0 unspecified atom stereocenters. The van der Waals surface area contributed by atoms with Crippen LogP contribution in [0.4, 0.5) is 19.1 Å². The number of amides is 1. The number of benzene rings is 2. The van der Waals surface area contributed by atoms with Crippen molar-refractivity contribution in [1.29, 1.82) is 0 Å². The van der Waals surface area contributed by atoms with Gasteiger partial charge < -0.3 is 0 Å². The van der Waals surface area contributed by atoms with Gasteiger partial charge in [0.05, 0.1) is 16.4 Å². The van der Waals surface area contributed by atoms with Gasteiger partial charge in [0.1, 0.15) is 6.33 Å². The van der Waals surface area contributed by atoms with Crippen molar-refractivity contribution in [2.24, 2.45) is 0 Å². The van der Waals surface area contributed by atoms with Gasteiger partial charge >= 0.3 is 6.18 Å². The van der Waals surface area contributed by atoms with E-state index >= 15 is 0 Å². The third kappa shape index (κ3) is 3.90. The fraction of sp³-hybridized carbons (Fsp3) is 0.0526. The number of halogens is 4. The average Bonchev–Trinajstić information content (AvgIpc) is 3.38. The number of nitrogens with one attached hydrogen (secondary N) is 2. The number of hydrogen-bond acceptors (Lipinski definition) is 4. The maximum atomic E-state index is 13.3. The minimum absolute atomic E-state index is 0.107. The van der Waals surface area contributed by atoms with Gasteiger partial charge in [-0.25, -0.2) is 9.67 Å². The Hall–Kier alpha value is -3.66. The van der Waals surface area contributed by atoms with Crippen molar-refractivity contribution in [3.63, 3.8) is 0 Å². The molecule has 2 heterocycles. The van der Waals surface area contributed by atoms with E-state index in [9.17, 15) is 18.0 Å². The first-order chi connectivity index (χ1) is 14.3. The monoisotopic (exact) mass is 432 g/mol. The molecule has 2 aromatic carbocycles. The lowest BCUT2D eigenvalue weighted by Gasteiger charge is -2.10. The third-order valence-corrected chi connectivity index (χ3v) is 4.48. The first-order valence-electron chi connectivity index (χ1n) is 8.52. The Morgan fingerprint density at radius 1 is 1.10 bits per heavy atom. The van der Waals surface area contributed by atoms with Crippen LogP contribution in [-0.2, 0) is 6.18 Å². The molecule has 0 aliphatic carbocycles. The Morgan fingerprint density at radius 2 is 1.83 bits per heavy atom. The second-order valence-electron chi connectivity index (χ2n) is 6.13. The Kier molecular flexibility index (Phi) is 5.00. The van der Waals surface area contributed by atoms with Gasteiger partial charge in [0.25, 0.3) is 5.91 Å². The van der Waals surface area contributed by atoms with Crippen LogP contribution in [0.25, 0.3) is 16.9 Å². The summed E-state index contributed by atoms with van der Waals surface area (Å²) in [4.78, 5) is 16.0. The molecule has 7 nitrogen and oxygen atoms in total. The Labute approximate surface area is 172 Å². The largest absolute Gasteiger partial charge is 0.435 e. The quantitative estimate of drug-likeness (QED) is 0.494. The molecule has 0 atom stereocenters. The van der Waals surface area contributed by atoms with Crippen LogP contribution in [0.3, 0.4) is 0 Å². The fourth-order valence-corrected chi connectivity index (χ4v) is 2.98. The molecule has 0 saturated heterocycles. The smallest absolute Gasteiger partial charge is 0.289 e. The number of aromatic nitrogens is 5. The van der Waals surface area contributed by atoms with Crippen molar-refractivity contribution in [3.05, 3.63) is 77.2 Å². The summed E-state index contributed by atoms with van der Waals surface area (Å²) in [5, 5.41) is 12.6. The molecule has 11 heteroatoms. The molecule has 30 heavy (non-hydrogen) atoms. The average molecular weight is 433 g/mol. The summed E-state index contributed by atoms with van der Waals surface area (Å²) in [6.45, 7) is 0.